The minimum Gasteiger partial charge on any atom is -0.360 e. The minimum atomic E-state index is -3.75. The second kappa shape index (κ2) is 9.71. The van der Waals surface area contributed by atoms with Crippen molar-refractivity contribution in [3.63, 3.8) is 0 Å². The Bertz CT molecular complexity index is 1260. The lowest BCUT2D eigenvalue weighted by Gasteiger charge is -2.31. The van der Waals surface area contributed by atoms with Crippen molar-refractivity contribution in [3.05, 3.63) is 58.7 Å². The molecule has 3 aromatic rings. The number of carbonyl (C=O) groups is 1. The molecule has 1 unspecified atom stereocenters. The Morgan fingerprint density at radius 3 is 2.53 bits per heavy atom. The van der Waals surface area contributed by atoms with Crippen molar-refractivity contribution >= 4 is 15.9 Å². The fourth-order valence-electron chi connectivity index (χ4n) is 4.52. The van der Waals surface area contributed by atoms with Gasteiger partial charge in [0.05, 0.1) is 17.3 Å². The highest BCUT2D eigenvalue weighted by molar-refractivity contribution is 7.89. The van der Waals surface area contributed by atoms with E-state index in [1.807, 2.05) is 48.9 Å². The molecule has 0 saturated carbocycles. The number of nitrogens with zero attached hydrogens (tertiary/aromatic N) is 4. The Labute approximate surface area is 200 Å². The van der Waals surface area contributed by atoms with Crippen LogP contribution in [0.15, 0.2) is 39.8 Å². The number of hydrogen-bond acceptors (Lipinski definition) is 6. The van der Waals surface area contributed by atoms with E-state index < -0.39 is 10.0 Å². The summed E-state index contributed by atoms with van der Waals surface area (Å²) in [6, 6.07) is 10.2. The SMILES string of the molecule is Cc1cc(C)n(-c2ccc(CCNC(=O)C3CCCN(S(=O)(=O)c4c(C)noc4C)C3)cc2)n1. The van der Waals surface area contributed by atoms with Crippen LogP contribution in [0.3, 0.4) is 0 Å². The van der Waals surface area contributed by atoms with Gasteiger partial charge in [-0.2, -0.15) is 9.40 Å². The molecule has 0 aliphatic carbocycles. The fraction of sp³-hybridized carbons (Fsp3) is 0.458. The van der Waals surface area contributed by atoms with Crippen LogP contribution < -0.4 is 5.32 Å². The molecule has 4 rings (SSSR count). The van der Waals surface area contributed by atoms with Gasteiger partial charge in [0.2, 0.25) is 15.9 Å². The normalized spacial score (nSPS) is 17.1. The van der Waals surface area contributed by atoms with Crippen LogP contribution in [0.2, 0.25) is 0 Å². The number of hydrogen-bond donors (Lipinski definition) is 1. The quantitative estimate of drug-likeness (QED) is 0.551. The van der Waals surface area contributed by atoms with E-state index in [4.69, 9.17) is 4.52 Å². The van der Waals surface area contributed by atoms with E-state index in [2.05, 4.69) is 15.6 Å². The largest absolute Gasteiger partial charge is 0.360 e. The van der Waals surface area contributed by atoms with Crippen molar-refractivity contribution in [2.75, 3.05) is 19.6 Å². The summed E-state index contributed by atoms with van der Waals surface area (Å²) >= 11 is 0. The Balaban J connectivity index is 1.32. The predicted octanol–water partition coefficient (Wildman–Crippen LogP) is 2.85. The fourth-order valence-corrected chi connectivity index (χ4v) is 6.33. The first-order chi connectivity index (χ1) is 16.2. The highest BCUT2D eigenvalue weighted by Crippen LogP contribution is 2.27. The molecule has 0 radical (unpaired) electrons. The molecular weight excluding hydrogens is 454 g/mol. The van der Waals surface area contributed by atoms with Crippen molar-refractivity contribution in [1.29, 1.82) is 0 Å². The highest BCUT2D eigenvalue weighted by atomic mass is 32.2. The lowest BCUT2D eigenvalue weighted by atomic mass is 9.99. The summed E-state index contributed by atoms with van der Waals surface area (Å²) in [5.41, 5.74) is 4.51. The van der Waals surface area contributed by atoms with Gasteiger partial charge in [-0.25, -0.2) is 13.1 Å². The molecule has 1 N–H and O–H groups in total. The Morgan fingerprint density at radius 2 is 1.91 bits per heavy atom. The van der Waals surface area contributed by atoms with Crippen LogP contribution in [-0.4, -0.2) is 53.2 Å². The third-order valence-corrected chi connectivity index (χ3v) is 8.33. The van der Waals surface area contributed by atoms with E-state index >= 15 is 0 Å². The van der Waals surface area contributed by atoms with Crippen molar-refractivity contribution in [3.8, 4) is 5.69 Å². The number of benzene rings is 1. The summed E-state index contributed by atoms with van der Waals surface area (Å²) < 4.78 is 34.5. The first-order valence-electron chi connectivity index (χ1n) is 11.5. The standard InChI is InChI=1S/C24H31N5O4S/c1-16-14-17(2)29(26-16)22-9-7-20(8-10-22)11-12-25-24(30)21-6-5-13-28(15-21)34(31,32)23-18(3)27-33-19(23)4/h7-10,14,21H,5-6,11-13,15H2,1-4H3,(H,25,30). The van der Waals surface area contributed by atoms with Gasteiger partial charge in [-0.1, -0.05) is 17.3 Å². The van der Waals surface area contributed by atoms with Crippen molar-refractivity contribution in [2.45, 2.75) is 51.9 Å². The number of carbonyl (C=O) groups excluding carboxylic acids is 1. The van der Waals surface area contributed by atoms with E-state index in [0.29, 0.717) is 38.0 Å². The van der Waals surface area contributed by atoms with E-state index in [0.717, 1.165) is 22.6 Å². The molecule has 34 heavy (non-hydrogen) atoms. The van der Waals surface area contributed by atoms with Gasteiger partial charge in [0, 0.05) is 25.3 Å². The molecule has 3 heterocycles. The monoisotopic (exact) mass is 485 g/mol. The van der Waals surface area contributed by atoms with Crippen molar-refractivity contribution in [2.24, 2.45) is 5.92 Å². The number of rotatable bonds is 7. The zero-order valence-corrected chi connectivity index (χ0v) is 20.9. The van der Waals surface area contributed by atoms with Crippen LogP contribution >= 0.6 is 0 Å². The lowest BCUT2D eigenvalue weighted by Crippen LogP contribution is -2.45. The van der Waals surface area contributed by atoms with Gasteiger partial charge < -0.3 is 9.84 Å². The molecule has 1 aliphatic heterocycles. The third kappa shape index (κ3) is 4.92. The number of nitrogens with one attached hydrogen (secondary N) is 1. The van der Waals surface area contributed by atoms with Gasteiger partial charge in [-0.15, -0.1) is 0 Å². The maximum atomic E-state index is 13.1. The van der Waals surface area contributed by atoms with Crippen LogP contribution in [0.1, 0.15) is 41.2 Å². The molecule has 0 spiro atoms. The third-order valence-electron chi connectivity index (χ3n) is 6.22. The summed E-state index contributed by atoms with van der Waals surface area (Å²) in [4.78, 5) is 12.9. The van der Waals surface area contributed by atoms with E-state index in [-0.39, 0.29) is 29.0 Å². The van der Waals surface area contributed by atoms with Crippen LogP contribution in [0.5, 0.6) is 0 Å². The molecule has 1 amide bonds. The number of sulfonamides is 1. The predicted molar refractivity (Wildman–Crippen MR) is 127 cm³/mol. The zero-order chi connectivity index (χ0) is 24.5. The van der Waals surface area contributed by atoms with Gasteiger partial charge in [0.25, 0.3) is 0 Å². The number of aryl methyl sites for hydroxylation is 4. The Kier molecular flexibility index (Phi) is 6.90. The van der Waals surface area contributed by atoms with Gasteiger partial charge >= 0.3 is 0 Å². The smallest absolute Gasteiger partial charge is 0.248 e. The lowest BCUT2D eigenvalue weighted by molar-refractivity contribution is -0.126. The van der Waals surface area contributed by atoms with Crippen LogP contribution in [0.4, 0.5) is 0 Å². The molecule has 2 aromatic heterocycles. The number of aromatic nitrogens is 3. The molecule has 1 aliphatic rings. The van der Waals surface area contributed by atoms with Crippen LogP contribution in [-0.2, 0) is 21.2 Å². The van der Waals surface area contributed by atoms with E-state index in [1.54, 1.807) is 13.8 Å². The summed E-state index contributed by atoms with van der Waals surface area (Å²) in [6.07, 6.45) is 1.99. The highest BCUT2D eigenvalue weighted by Gasteiger charge is 2.36. The summed E-state index contributed by atoms with van der Waals surface area (Å²) in [5.74, 6) is -0.219. The summed E-state index contributed by atoms with van der Waals surface area (Å²) in [6.45, 7) is 8.23. The van der Waals surface area contributed by atoms with Crippen LogP contribution in [0, 0.1) is 33.6 Å². The first kappa shape index (κ1) is 24.2. The second-order valence-electron chi connectivity index (χ2n) is 8.90. The van der Waals surface area contributed by atoms with Crippen molar-refractivity contribution < 1.29 is 17.7 Å². The number of amides is 1. The van der Waals surface area contributed by atoms with Gasteiger partial charge in [-0.05, 0) is 70.7 Å². The van der Waals surface area contributed by atoms with Gasteiger partial charge in [-0.3, -0.25) is 4.79 Å². The summed E-state index contributed by atoms with van der Waals surface area (Å²) in [5, 5.41) is 11.2. The molecule has 1 saturated heterocycles. The maximum absolute atomic E-state index is 13.1. The molecule has 1 atom stereocenters. The zero-order valence-electron chi connectivity index (χ0n) is 20.0. The molecule has 182 valence electrons. The average Bonchev–Trinajstić information content (AvgIpc) is 3.34. The summed E-state index contributed by atoms with van der Waals surface area (Å²) in [7, 11) is -3.75. The van der Waals surface area contributed by atoms with E-state index in [9.17, 15) is 13.2 Å². The Morgan fingerprint density at radius 1 is 1.18 bits per heavy atom. The molecular formula is C24H31N5O4S. The number of piperidine rings is 1. The van der Waals surface area contributed by atoms with Crippen LogP contribution in [0.25, 0.3) is 5.69 Å². The minimum absolute atomic E-state index is 0.109. The molecule has 1 aromatic carbocycles. The molecule has 9 nitrogen and oxygen atoms in total. The second-order valence-corrected chi connectivity index (χ2v) is 10.8. The van der Waals surface area contributed by atoms with Gasteiger partial charge in [0.1, 0.15) is 10.6 Å². The molecule has 1 fully saturated rings. The van der Waals surface area contributed by atoms with Gasteiger partial charge in [0.15, 0.2) is 5.76 Å². The Hall–Kier alpha value is -2.98. The maximum Gasteiger partial charge on any atom is 0.248 e. The average molecular weight is 486 g/mol. The molecule has 0 bridgehead atoms. The first-order valence-corrected chi connectivity index (χ1v) is 12.9. The topological polar surface area (TPSA) is 110 Å². The molecule has 10 heteroatoms. The van der Waals surface area contributed by atoms with E-state index in [1.165, 1.54) is 4.31 Å². The van der Waals surface area contributed by atoms with Crippen molar-refractivity contribution in [1.82, 2.24) is 24.6 Å².